The van der Waals surface area contributed by atoms with E-state index in [2.05, 4.69) is 17.1 Å². The number of hydrogen-bond acceptors (Lipinski definition) is 2. The number of hydrogen-bond donors (Lipinski definition) is 1. The van der Waals surface area contributed by atoms with E-state index in [0.29, 0.717) is 0 Å². The fourth-order valence-corrected chi connectivity index (χ4v) is 1.65. The highest BCUT2D eigenvalue weighted by atomic mass is 14.7. The minimum atomic E-state index is 0.247. The summed E-state index contributed by atoms with van der Waals surface area (Å²) < 4.78 is 0. The van der Waals surface area contributed by atoms with Gasteiger partial charge in [-0.2, -0.15) is 0 Å². The molecule has 68 valence electrons. The van der Waals surface area contributed by atoms with E-state index in [4.69, 9.17) is 5.73 Å². The van der Waals surface area contributed by atoms with E-state index in [9.17, 15) is 0 Å². The van der Waals surface area contributed by atoms with Crippen LogP contribution in [0.2, 0.25) is 0 Å². The second-order valence-corrected chi connectivity index (χ2v) is 3.58. The van der Waals surface area contributed by atoms with Gasteiger partial charge in [-0.3, -0.25) is 4.98 Å². The summed E-state index contributed by atoms with van der Waals surface area (Å²) in [6, 6.07) is 4.41. The van der Waals surface area contributed by atoms with Gasteiger partial charge in [0.25, 0.3) is 0 Å². The van der Waals surface area contributed by atoms with E-state index < -0.39 is 0 Å². The zero-order chi connectivity index (χ0) is 9.26. The van der Waals surface area contributed by atoms with Crippen LogP contribution < -0.4 is 5.73 Å². The molecule has 13 heavy (non-hydrogen) atoms. The van der Waals surface area contributed by atoms with Gasteiger partial charge in [0.1, 0.15) is 0 Å². The van der Waals surface area contributed by atoms with E-state index >= 15 is 0 Å². The zero-order valence-corrected chi connectivity index (χ0v) is 7.83. The lowest BCUT2D eigenvalue weighted by atomic mass is 10.1. The van der Waals surface area contributed by atoms with Crippen molar-refractivity contribution in [2.24, 2.45) is 5.73 Å². The third-order valence-electron chi connectivity index (χ3n) is 2.44. The van der Waals surface area contributed by atoms with Crippen LogP contribution in [0.1, 0.15) is 24.1 Å². The monoisotopic (exact) mass is 174 g/mol. The molecule has 2 N–H and O–H groups in total. The quantitative estimate of drug-likeness (QED) is 0.706. The molecule has 2 nitrogen and oxygen atoms in total. The molecule has 1 atom stereocenters. The number of nitrogens with two attached hydrogens (primary N) is 1. The Kier molecular flexibility index (Phi) is 2.15. The Hall–Kier alpha value is -1.15. The summed E-state index contributed by atoms with van der Waals surface area (Å²) in [5.41, 5.74) is 9.43. The van der Waals surface area contributed by atoms with Crippen molar-refractivity contribution in [1.29, 1.82) is 0 Å². The van der Waals surface area contributed by atoms with Gasteiger partial charge < -0.3 is 5.73 Å². The number of pyridine rings is 1. The van der Waals surface area contributed by atoms with Crippen molar-refractivity contribution in [2.45, 2.75) is 25.8 Å². The molecule has 1 aromatic heterocycles. The van der Waals surface area contributed by atoms with Crippen LogP contribution >= 0.6 is 0 Å². The first-order valence-electron chi connectivity index (χ1n) is 4.65. The minimum Gasteiger partial charge on any atom is -0.324 e. The highest BCUT2D eigenvalue weighted by Gasteiger charge is 2.12. The smallest absolute Gasteiger partial charge is 0.0373 e. The van der Waals surface area contributed by atoms with Gasteiger partial charge in [0.15, 0.2) is 0 Å². The fraction of sp³-hybridized carbons (Fsp3) is 0.364. The normalized spacial score (nSPS) is 21.7. The number of aromatic nitrogens is 1. The van der Waals surface area contributed by atoms with Crippen LogP contribution in [0.5, 0.6) is 0 Å². The summed E-state index contributed by atoms with van der Waals surface area (Å²) in [7, 11) is 0. The van der Waals surface area contributed by atoms with E-state index in [1.54, 1.807) is 0 Å². The largest absolute Gasteiger partial charge is 0.324 e. The lowest BCUT2D eigenvalue weighted by Crippen LogP contribution is -2.11. The molecular formula is C11H14N2. The van der Waals surface area contributed by atoms with Crippen LogP contribution in [0, 0.1) is 6.92 Å². The average Bonchev–Trinajstić information content (AvgIpc) is 2.53. The maximum Gasteiger partial charge on any atom is 0.0373 e. The van der Waals surface area contributed by atoms with Gasteiger partial charge in [0, 0.05) is 17.9 Å². The van der Waals surface area contributed by atoms with Gasteiger partial charge in [0.2, 0.25) is 0 Å². The molecule has 0 saturated carbocycles. The maximum absolute atomic E-state index is 5.80. The lowest BCUT2D eigenvalue weighted by Gasteiger charge is -2.00. The van der Waals surface area contributed by atoms with Crippen molar-refractivity contribution in [2.75, 3.05) is 0 Å². The van der Waals surface area contributed by atoms with Crippen LogP contribution in [0.25, 0.3) is 5.57 Å². The summed E-state index contributed by atoms with van der Waals surface area (Å²) >= 11 is 0. The summed E-state index contributed by atoms with van der Waals surface area (Å²) in [6.07, 6.45) is 6.24. The van der Waals surface area contributed by atoms with E-state index in [0.717, 1.165) is 18.5 Å². The Balaban J connectivity index is 2.26. The molecule has 0 fully saturated rings. The molecule has 2 rings (SSSR count). The van der Waals surface area contributed by atoms with Crippen LogP contribution in [-0.2, 0) is 0 Å². The van der Waals surface area contributed by atoms with Crippen molar-refractivity contribution in [1.82, 2.24) is 4.98 Å². The second-order valence-electron chi connectivity index (χ2n) is 3.58. The molecule has 1 aliphatic carbocycles. The molecule has 0 amide bonds. The Bertz CT molecular complexity index is 324. The molecule has 0 aromatic carbocycles. The maximum atomic E-state index is 5.80. The van der Waals surface area contributed by atoms with Gasteiger partial charge in [0.05, 0.1) is 0 Å². The van der Waals surface area contributed by atoms with Crippen molar-refractivity contribution in [3.05, 3.63) is 35.7 Å². The third-order valence-corrected chi connectivity index (χ3v) is 2.44. The summed E-state index contributed by atoms with van der Waals surface area (Å²) in [6.45, 7) is 2.00. The Morgan fingerprint density at radius 2 is 2.31 bits per heavy atom. The van der Waals surface area contributed by atoms with Crippen LogP contribution in [-0.4, -0.2) is 11.0 Å². The van der Waals surface area contributed by atoms with Crippen LogP contribution in [0.4, 0.5) is 0 Å². The first-order chi connectivity index (χ1) is 6.25. The lowest BCUT2D eigenvalue weighted by molar-refractivity contribution is 0.782. The van der Waals surface area contributed by atoms with Crippen molar-refractivity contribution in [3.8, 4) is 0 Å². The predicted octanol–water partition coefficient (Wildman–Crippen LogP) is 1.89. The summed E-state index contributed by atoms with van der Waals surface area (Å²) in [5.74, 6) is 0. The van der Waals surface area contributed by atoms with E-state index in [1.807, 2.05) is 19.2 Å². The predicted molar refractivity (Wildman–Crippen MR) is 54.2 cm³/mol. The Labute approximate surface area is 78.5 Å². The first-order valence-corrected chi connectivity index (χ1v) is 4.65. The van der Waals surface area contributed by atoms with Crippen molar-refractivity contribution in [3.63, 3.8) is 0 Å². The van der Waals surface area contributed by atoms with Crippen molar-refractivity contribution < 1.29 is 0 Å². The van der Waals surface area contributed by atoms with Crippen LogP contribution in [0.3, 0.4) is 0 Å². The summed E-state index contributed by atoms with van der Waals surface area (Å²) in [4.78, 5) is 4.27. The molecule has 0 radical (unpaired) electrons. The molecule has 0 aliphatic heterocycles. The van der Waals surface area contributed by atoms with Gasteiger partial charge >= 0.3 is 0 Å². The highest BCUT2D eigenvalue weighted by molar-refractivity contribution is 5.67. The third kappa shape index (κ3) is 1.78. The molecule has 1 unspecified atom stereocenters. The topological polar surface area (TPSA) is 38.9 Å². The van der Waals surface area contributed by atoms with E-state index in [-0.39, 0.29) is 6.04 Å². The molecule has 0 saturated heterocycles. The SMILES string of the molecule is Cc1ccc(C2=CC(N)CC2)cn1. The highest BCUT2D eigenvalue weighted by Crippen LogP contribution is 2.26. The molecule has 2 heteroatoms. The molecule has 0 bridgehead atoms. The number of nitrogens with zero attached hydrogens (tertiary/aromatic N) is 1. The molecular weight excluding hydrogens is 160 g/mol. The minimum absolute atomic E-state index is 0.247. The van der Waals surface area contributed by atoms with Gasteiger partial charge in [-0.15, -0.1) is 0 Å². The van der Waals surface area contributed by atoms with Crippen LogP contribution in [0.15, 0.2) is 24.4 Å². The molecule has 1 heterocycles. The number of rotatable bonds is 1. The summed E-state index contributed by atoms with van der Waals surface area (Å²) in [5, 5.41) is 0. The second kappa shape index (κ2) is 3.30. The van der Waals surface area contributed by atoms with Gasteiger partial charge in [-0.25, -0.2) is 0 Å². The Morgan fingerprint density at radius 1 is 1.46 bits per heavy atom. The van der Waals surface area contributed by atoms with E-state index in [1.165, 1.54) is 11.1 Å². The average molecular weight is 174 g/mol. The van der Waals surface area contributed by atoms with Gasteiger partial charge in [-0.05, 0) is 37.0 Å². The molecule has 1 aliphatic rings. The zero-order valence-electron chi connectivity index (χ0n) is 7.83. The standard InChI is InChI=1S/C11H14N2/c1-8-2-3-10(7-13-8)9-4-5-11(12)6-9/h2-3,6-7,11H,4-5,12H2,1H3. The van der Waals surface area contributed by atoms with Gasteiger partial charge in [-0.1, -0.05) is 12.1 Å². The number of allylic oxidation sites excluding steroid dienone is 1. The van der Waals surface area contributed by atoms with Crippen molar-refractivity contribution >= 4 is 5.57 Å². The molecule has 1 aromatic rings. The Morgan fingerprint density at radius 3 is 2.85 bits per heavy atom. The number of aryl methyl sites for hydroxylation is 1. The fourth-order valence-electron chi connectivity index (χ4n) is 1.65. The first kappa shape index (κ1) is 8.45. The molecule has 0 spiro atoms.